The summed E-state index contributed by atoms with van der Waals surface area (Å²) in [5, 5.41) is 3.04. The molecule has 0 atom stereocenters. The molecule has 32 heavy (non-hydrogen) atoms. The molecule has 1 saturated carbocycles. The number of rotatable bonds is 7. The first-order valence-electron chi connectivity index (χ1n) is 9.78. The van der Waals surface area contributed by atoms with Crippen molar-refractivity contribution in [3.8, 4) is 5.75 Å². The number of halogens is 2. The number of methoxy groups -OCH3 is 1. The van der Waals surface area contributed by atoms with Gasteiger partial charge in [0.1, 0.15) is 16.5 Å². The molecule has 0 spiro atoms. The molecule has 0 aliphatic heterocycles. The van der Waals surface area contributed by atoms with Crippen LogP contribution in [0, 0.1) is 5.82 Å². The molecule has 166 valence electrons. The van der Waals surface area contributed by atoms with E-state index in [9.17, 15) is 17.6 Å². The molecule has 1 amide bonds. The van der Waals surface area contributed by atoms with Gasteiger partial charge >= 0.3 is 0 Å². The van der Waals surface area contributed by atoms with E-state index in [4.69, 9.17) is 16.3 Å². The fourth-order valence-electron chi connectivity index (χ4n) is 3.50. The van der Waals surface area contributed by atoms with Crippen molar-refractivity contribution in [1.82, 2.24) is 0 Å². The highest BCUT2D eigenvalue weighted by Gasteiger charge is 2.51. The Labute approximate surface area is 190 Å². The fraction of sp³-hybridized carbons (Fsp3) is 0.174. The van der Waals surface area contributed by atoms with Gasteiger partial charge in [0.2, 0.25) is 5.91 Å². The molecule has 4 rings (SSSR count). The van der Waals surface area contributed by atoms with E-state index in [1.807, 2.05) is 0 Å². The molecular weight excluding hydrogens is 455 g/mol. The Balaban J connectivity index is 1.61. The van der Waals surface area contributed by atoms with Gasteiger partial charge in [0.05, 0.1) is 23.2 Å². The predicted molar refractivity (Wildman–Crippen MR) is 121 cm³/mol. The highest BCUT2D eigenvalue weighted by molar-refractivity contribution is 7.92. The first-order valence-corrected chi connectivity index (χ1v) is 11.6. The van der Waals surface area contributed by atoms with Crippen molar-refractivity contribution in [3.05, 3.63) is 83.1 Å². The van der Waals surface area contributed by atoms with Crippen molar-refractivity contribution in [2.45, 2.75) is 23.2 Å². The molecule has 3 aromatic rings. The Morgan fingerprint density at radius 1 is 1.06 bits per heavy atom. The van der Waals surface area contributed by atoms with E-state index in [2.05, 4.69) is 10.0 Å². The van der Waals surface area contributed by atoms with Crippen LogP contribution in [-0.2, 0) is 20.2 Å². The molecular formula is C23H20ClFN2O4S. The first kappa shape index (κ1) is 22.1. The summed E-state index contributed by atoms with van der Waals surface area (Å²) in [6, 6.07) is 16.6. The van der Waals surface area contributed by atoms with Crippen LogP contribution in [0.2, 0.25) is 5.02 Å². The van der Waals surface area contributed by atoms with Crippen LogP contribution in [0.25, 0.3) is 0 Å². The molecule has 0 unspecified atom stereocenters. The Kier molecular flexibility index (Phi) is 5.83. The van der Waals surface area contributed by atoms with Gasteiger partial charge in [-0.25, -0.2) is 12.8 Å². The summed E-state index contributed by atoms with van der Waals surface area (Å²) in [4.78, 5) is 12.9. The molecule has 6 nitrogen and oxygen atoms in total. The second-order valence-electron chi connectivity index (χ2n) is 7.49. The van der Waals surface area contributed by atoms with Gasteiger partial charge in [0.25, 0.3) is 10.0 Å². The molecule has 9 heteroatoms. The van der Waals surface area contributed by atoms with Gasteiger partial charge in [0, 0.05) is 5.69 Å². The predicted octanol–water partition coefficient (Wildman–Crippen LogP) is 4.96. The zero-order chi connectivity index (χ0) is 22.9. The van der Waals surface area contributed by atoms with Crippen LogP contribution in [0.15, 0.2) is 71.6 Å². The van der Waals surface area contributed by atoms with Crippen molar-refractivity contribution < 1.29 is 22.3 Å². The lowest BCUT2D eigenvalue weighted by Gasteiger charge is -2.17. The van der Waals surface area contributed by atoms with E-state index in [1.54, 1.807) is 36.4 Å². The van der Waals surface area contributed by atoms with E-state index >= 15 is 0 Å². The minimum absolute atomic E-state index is 0.113. The average molecular weight is 475 g/mol. The van der Waals surface area contributed by atoms with Crippen molar-refractivity contribution >= 4 is 38.9 Å². The smallest absolute Gasteiger partial charge is 0.265 e. The van der Waals surface area contributed by atoms with Crippen LogP contribution in [0.1, 0.15) is 18.4 Å². The van der Waals surface area contributed by atoms with E-state index in [1.165, 1.54) is 37.4 Å². The number of carbonyl (C=O) groups excluding carboxylic acids is 1. The number of hydrogen-bond donors (Lipinski definition) is 2. The number of benzene rings is 3. The Morgan fingerprint density at radius 2 is 1.75 bits per heavy atom. The number of sulfonamides is 1. The quantitative estimate of drug-likeness (QED) is 0.507. The zero-order valence-corrected chi connectivity index (χ0v) is 18.6. The SMILES string of the molecule is COc1ccc(NC(=O)C2(c3ccc(F)cc3)CC2)cc1S(=O)(=O)Nc1ccccc1Cl. The van der Waals surface area contributed by atoms with Crippen LogP contribution in [0.4, 0.5) is 15.8 Å². The summed E-state index contributed by atoms with van der Waals surface area (Å²) in [6.07, 6.45) is 1.25. The van der Waals surface area contributed by atoms with Crippen molar-refractivity contribution in [3.63, 3.8) is 0 Å². The maximum Gasteiger partial charge on any atom is 0.265 e. The summed E-state index contributed by atoms with van der Waals surface area (Å²) >= 11 is 6.08. The number of anilines is 2. The zero-order valence-electron chi connectivity index (χ0n) is 17.1. The monoisotopic (exact) mass is 474 g/mol. The molecule has 2 N–H and O–H groups in total. The minimum atomic E-state index is -4.07. The van der Waals surface area contributed by atoms with Crippen LogP contribution < -0.4 is 14.8 Å². The largest absolute Gasteiger partial charge is 0.495 e. The van der Waals surface area contributed by atoms with Crippen LogP contribution in [-0.4, -0.2) is 21.4 Å². The number of para-hydroxylation sites is 1. The van der Waals surface area contributed by atoms with E-state index in [0.717, 1.165) is 5.56 Å². The maximum absolute atomic E-state index is 13.3. The normalized spacial score (nSPS) is 14.5. The third-order valence-corrected chi connectivity index (χ3v) is 7.13. The highest BCUT2D eigenvalue weighted by atomic mass is 35.5. The summed E-state index contributed by atoms with van der Waals surface area (Å²) in [5.74, 6) is -0.542. The van der Waals surface area contributed by atoms with Gasteiger partial charge in [-0.05, 0) is 60.9 Å². The minimum Gasteiger partial charge on any atom is -0.495 e. The number of ether oxygens (including phenoxy) is 1. The molecule has 1 fully saturated rings. The van der Waals surface area contributed by atoms with Gasteiger partial charge in [-0.2, -0.15) is 0 Å². The van der Waals surface area contributed by atoms with E-state index in [0.29, 0.717) is 18.5 Å². The summed E-state index contributed by atoms with van der Waals surface area (Å²) in [6.45, 7) is 0. The molecule has 0 bridgehead atoms. The number of amides is 1. The third-order valence-electron chi connectivity index (χ3n) is 5.41. The molecule has 0 aromatic heterocycles. The summed E-state index contributed by atoms with van der Waals surface area (Å²) < 4.78 is 47.0. The summed E-state index contributed by atoms with van der Waals surface area (Å²) in [7, 11) is -2.71. The fourth-order valence-corrected chi connectivity index (χ4v) is 5.01. The van der Waals surface area contributed by atoms with E-state index in [-0.39, 0.29) is 33.1 Å². The van der Waals surface area contributed by atoms with Crippen LogP contribution >= 0.6 is 11.6 Å². The second kappa shape index (κ2) is 8.44. The van der Waals surface area contributed by atoms with Crippen LogP contribution in [0.5, 0.6) is 5.75 Å². The first-order chi connectivity index (χ1) is 15.2. The average Bonchev–Trinajstić information content (AvgIpc) is 3.58. The lowest BCUT2D eigenvalue weighted by atomic mass is 9.95. The number of nitrogens with one attached hydrogen (secondary N) is 2. The standard InChI is InChI=1S/C23H20ClFN2O4S/c1-31-20-11-10-17(14-21(20)32(29,30)27-19-5-3-2-4-18(19)24)26-22(28)23(12-13-23)15-6-8-16(25)9-7-15/h2-11,14,27H,12-13H2,1H3,(H,26,28). The van der Waals surface area contributed by atoms with Gasteiger partial charge in [-0.1, -0.05) is 35.9 Å². The van der Waals surface area contributed by atoms with Gasteiger partial charge in [-0.15, -0.1) is 0 Å². The molecule has 3 aromatic carbocycles. The van der Waals surface area contributed by atoms with Crippen molar-refractivity contribution in [2.75, 3.05) is 17.1 Å². The molecule has 0 radical (unpaired) electrons. The Morgan fingerprint density at radius 3 is 2.38 bits per heavy atom. The Bertz CT molecular complexity index is 1280. The van der Waals surface area contributed by atoms with Gasteiger partial charge in [0.15, 0.2) is 0 Å². The summed E-state index contributed by atoms with van der Waals surface area (Å²) in [5.41, 5.74) is 0.489. The molecule has 1 aliphatic carbocycles. The molecule has 0 heterocycles. The molecule has 1 aliphatic rings. The maximum atomic E-state index is 13.3. The van der Waals surface area contributed by atoms with Crippen LogP contribution in [0.3, 0.4) is 0 Å². The van der Waals surface area contributed by atoms with Gasteiger partial charge in [-0.3, -0.25) is 9.52 Å². The third kappa shape index (κ3) is 4.28. The number of hydrogen-bond acceptors (Lipinski definition) is 4. The lowest BCUT2D eigenvalue weighted by Crippen LogP contribution is -2.28. The van der Waals surface area contributed by atoms with Crippen molar-refractivity contribution in [1.29, 1.82) is 0 Å². The lowest BCUT2D eigenvalue weighted by molar-refractivity contribution is -0.118. The Hall–Kier alpha value is -3.10. The highest BCUT2D eigenvalue weighted by Crippen LogP contribution is 2.49. The van der Waals surface area contributed by atoms with E-state index < -0.39 is 15.4 Å². The van der Waals surface area contributed by atoms with Gasteiger partial charge < -0.3 is 10.1 Å². The molecule has 0 saturated heterocycles. The van der Waals surface area contributed by atoms with Crippen molar-refractivity contribution in [2.24, 2.45) is 0 Å². The number of carbonyl (C=O) groups is 1. The second-order valence-corrected chi connectivity index (χ2v) is 9.55. The topological polar surface area (TPSA) is 84.5 Å².